The van der Waals surface area contributed by atoms with Gasteiger partial charge in [0, 0.05) is 0 Å². The average Bonchev–Trinajstić information content (AvgIpc) is 1.90. The van der Waals surface area contributed by atoms with Crippen LogP contribution in [0, 0.1) is 5.82 Å². The summed E-state index contributed by atoms with van der Waals surface area (Å²) < 4.78 is 13.5. The van der Waals surface area contributed by atoms with Crippen molar-refractivity contribution in [2.24, 2.45) is 0 Å². The Bertz CT molecular complexity index is 185. The molecule has 0 aliphatic rings. The van der Waals surface area contributed by atoms with Crippen molar-refractivity contribution >= 4 is 36.5 Å². The first-order chi connectivity index (χ1) is 4.33. The molecule has 0 bridgehead atoms. The molecule has 0 aliphatic heterocycles. The van der Waals surface area contributed by atoms with Gasteiger partial charge in [-0.3, -0.25) is 0 Å². The molecule has 1 aromatic rings. The van der Waals surface area contributed by atoms with Gasteiger partial charge in [-0.2, -0.15) is 0 Å². The van der Waals surface area contributed by atoms with Gasteiger partial charge in [-0.15, -0.1) is 0 Å². The molecule has 48 valence electrons. The van der Waals surface area contributed by atoms with Crippen molar-refractivity contribution in [1.82, 2.24) is 0 Å². The summed E-state index contributed by atoms with van der Waals surface area (Å²) in [4.78, 5) is 0. The van der Waals surface area contributed by atoms with Crippen molar-refractivity contribution in [2.45, 2.75) is 0 Å². The Kier molecular flexibility index (Phi) is 2.95. The third-order valence-corrected chi connectivity index (χ3v) is 4.49. The van der Waals surface area contributed by atoms with Crippen LogP contribution >= 0.6 is 20.3 Å². The Morgan fingerprint density at radius 2 is 1.78 bits per heavy atom. The summed E-state index contributed by atoms with van der Waals surface area (Å²) in [6.07, 6.45) is 0. The quantitative estimate of drug-likeness (QED) is 0.545. The third-order valence-electron chi connectivity index (χ3n) is 0.903. The topological polar surface area (TPSA) is 0 Å². The molecule has 0 heterocycles. The molecule has 0 saturated heterocycles. The molecular formula is C6H4FISe. The van der Waals surface area contributed by atoms with E-state index in [0.717, 1.165) is 0 Å². The van der Waals surface area contributed by atoms with E-state index in [1.165, 1.54) is 16.6 Å². The van der Waals surface area contributed by atoms with Crippen molar-refractivity contribution in [1.29, 1.82) is 0 Å². The zero-order chi connectivity index (χ0) is 6.69. The van der Waals surface area contributed by atoms with Crippen LogP contribution in [0.15, 0.2) is 24.3 Å². The molecule has 9 heavy (non-hydrogen) atoms. The van der Waals surface area contributed by atoms with Gasteiger partial charge in [0.1, 0.15) is 0 Å². The van der Waals surface area contributed by atoms with E-state index in [1.54, 1.807) is 0 Å². The van der Waals surface area contributed by atoms with Crippen LogP contribution in [0.4, 0.5) is 4.39 Å². The van der Waals surface area contributed by atoms with Crippen LogP contribution in [0.25, 0.3) is 0 Å². The summed E-state index contributed by atoms with van der Waals surface area (Å²) in [5.41, 5.74) is 0. The summed E-state index contributed by atoms with van der Waals surface area (Å²) >= 11 is 2.77. The van der Waals surface area contributed by atoms with Crippen molar-refractivity contribution in [3.05, 3.63) is 30.1 Å². The van der Waals surface area contributed by atoms with Gasteiger partial charge >= 0.3 is 71.0 Å². The van der Waals surface area contributed by atoms with E-state index >= 15 is 0 Å². The standard InChI is InChI=1S/C6H4FISe/c7-5-1-3-6(9-8)4-2-5/h1-4H. The fourth-order valence-corrected chi connectivity index (χ4v) is 2.51. The maximum absolute atomic E-state index is 12.2. The van der Waals surface area contributed by atoms with Crippen LogP contribution in [0.3, 0.4) is 0 Å². The van der Waals surface area contributed by atoms with Gasteiger partial charge < -0.3 is 0 Å². The van der Waals surface area contributed by atoms with Crippen LogP contribution in [0.1, 0.15) is 0 Å². The van der Waals surface area contributed by atoms with Gasteiger partial charge in [-0.25, -0.2) is 0 Å². The molecule has 0 atom stereocenters. The third kappa shape index (κ3) is 2.24. The van der Waals surface area contributed by atoms with Crippen molar-refractivity contribution in [3.63, 3.8) is 0 Å². The van der Waals surface area contributed by atoms with E-state index in [9.17, 15) is 4.39 Å². The molecule has 0 spiro atoms. The van der Waals surface area contributed by atoms with Crippen LogP contribution in [-0.4, -0.2) is 11.7 Å². The number of halogens is 2. The zero-order valence-electron chi connectivity index (χ0n) is 4.47. The molecule has 0 aliphatic carbocycles. The molecule has 1 rings (SSSR count). The Morgan fingerprint density at radius 3 is 2.22 bits per heavy atom. The molecule has 1 aromatic carbocycles. The monoisotopic (exact) mass is 302 g/mol. The number of hydrogen-bond acceptors (Lipinski definition) is 0. The number of benzene rings is 1. The first-order valence-electron chi connectivity index (χ1n) is 2.37. The molecule has 0 amide bonds. The van der Waals surface area contributed by atoms with E-state index in [2.05, 4.69) is 20.3 Å². The fraction of sp³-hybridized carbons (Fsp3) is 0. The molecule has 0 aromatic heterocycles. The molecular weight excluding hydrogens is 297 g/mol. The van der Waals surface area contributed by atoms with E-state index in [1.807, 2.05) is 12.1 Å². The van der Waals surface area contributed by atoms with E-state index < -0.39 is 0 Å². The molecule has 3 heteroatoms. The molecule has 0 nitrogen and oxygen atoms in total. The van der Waals surface area contributed by atoms with E-state index in [0.29, 0.717) is 11.7 Å². The van der Waals surface area contributed by atoms with Crippen molar-refractivity contribution in [3.8, 4) is 0 Å². The normalized spacial score (nSPS) is 9.56. The Hall–Kier alpha value is 0.399. The summed E-state index contributed by atoms with van der Waals surface area (Å²) in [6, 6.07) is 6.63. The van der Waals surface area contributed by atoms with E-state index in [-0.39, 0.29) is 5.82 Å². The van der Waals surface area contributed by atoms with Crippen LogP contribution in [0.2, 0.25) is 0 Å². The average molecular weight is 301 g/mol. The number of hydrogen-bond donors (Lipinski definition) is 0. The summed E-state index contributed by atoms with van der Waals surface area (Å²) in [5.74, 6) is -0.153. The van der Waals surface area contributed by atoms with Gasteiger partial charge in [0.05, 0.1) is 0 Å². The first-order valence-corrected chi connectivity index (χ1v) is 8.45. The van der Waals surface area contributed by atoms with Gasteiger partial charge in [0.15, 0.2) is 0 Å². The first kappa shape index (κ1) is 7.51. The Morgan fingerprint density at radius 1 is 1.22 bits per heavy atom. The van der Waals surface area contributed by atoms with E-state index in [4.69, 9.17) is 0 Å². The SMILES string of the molecule is Fc1ccc([Se]I)cc1. The van der Waals surface area contributed by atoms with Crippen molar-refractivity contribution in [2.75, 3.05) is 0 Å². The maximum atomic E-state index is 12.2. The van der Waals surface area contributed by atoms with Crippen LogP contribution in [-0.2, 0) is 0 Å². The minimum atomic E-state index is -0.153. The number of rotatable bonds is 1. The molecule has 0 saturated carbocycles. The molecule has 0 radical (unpaired) electrons. The Labute approximate surface area is 70.7 Å². The van der Waals surface area contributed by atoms with Gasteiger partial charge in [0.25, 0.3) is 0 Å². The zero-order valence-corrected chi connectivity index (χ0v) is 8.34. The Balaban J connectivity index is 2.88. The molecule has 0 unspecified atom stereocenters. The van der Waals surface area contributed by atoms with Gasteiger partial charge in [-0.05, 0) is 0 Å². The minimum absolute atomic E-state index is 0.153. The van der Waals surface area contributed by atoms with Gasteiger partial charge in [-0.1, -0.05) is 0 Å². The fourth-order valence-electron chi connectivity index (χ4n) is 0.486. The molecule has 0 N–H and O–H groups in total. The van der Waals surface area contributed by atoms with Crippen molar-refractivity contribution < 1.29 is 4.39 Å². The van der Waals surface area contributed by atoms with Gasteiger partial charge in [0.2, 0.25) is 0 Å². The summed E-state index contributed by atoms with van der Waals surface area (Å²) in [6.45, 7) is 0. The second-order valence-corrected chi connectivity index (χ2v) is 5.13. The predicted octanol–water partition coefficient (Wildman–Crippen LogP) is 1.51. The predicted molar refractivity (Wildman–Crippen MR) is 45.8 cm³/mol. The van der Waals surface area contributed by atoms with Crippen LogP contribution < -0.4 is 4.46 Å². The second-order valence-electron chi connectivity index (χ2n) is 1.53. The van der Waals surface area contributed by atoms with Crippen LogP contribution in [0.5, 0.6) is 0 Å². The molecule has 0 fully saturated rings. The summed E-state index contributed by atoms with van der Waals surface area (Å²) in [5, 5.41) is 0. The second kappa shape index (κ2) is 3.54. The summed E-state index contributed by atoms with van der Waals surface area (Å²) in [7, 11) is 0.